The summed E-state index contributed by atoms with van der Waals surface area (Å²) in [5.41, 5.74) is 3.67. The molecule has 0 bridgehead atoms. The van der Waals surface area contributed by atoms with Crippen LogP contribution in [0.1, 0.15) is 36.8 Å². The Morgan fingerprint density at radius 3 is 2.36 bits per heavy atom. The van der Waals surface area contributed by atoms with Crippen molar-refractivity contribution in [3.05, 3.63) is 59.7 Å². The lowest BCUT2D eigenvalue weighted by Gasteiger charge is -2.44. The van der Waals surface area contributed by atoms with Gasteiger partial charge in [-0.1, -0.05) is 18.2 Å². The number of rotatable bonds is 2. The van der Waals surface area contributed by atoms with Gasteiger partial charge < -0.3 is 9.64 Å². The summed E-state index contributed by atoms with van der Waals surface area (Å²) < 4.78 is 6.01. The van der Waals surface area contributed by atoms with Gasteiger partial charge in [0.1, 0.15) is 5.75 Å². The summed E-state index contributed by atoms with van der Waals surface area (Å²) in [5, 5.41) is 8.97. The van der Waals surface area contributed by atoms with E-state index < -0.39 is 0 Å². The number of hydrogen-bond donors (Lipinski definition) is 0. The molecule has 28 heavy (non-hydrogen) atoms. The predicted molar refractivity (Wildman–Crippen MR) is 111 cm³/mol. The Bertz CT molecular complexity index is 869. The molecule has 1 spiro atoms. The van der Waals surface area contributed by atoms with Crippen LogP contribution < -0.4 is 9.64 Å². The Balaban J connectivity index is 1.18. The van der Waals surface area contributed by atoms with Gasteiger partial charge in [0.2, 0.25) is 0 Å². The molecule has 4 nitrogen and oxygen atoms in total. The summed E-state index contributed by atoms with van der Waals surface area (Å²) >= 11 is 0. The molecule has 0 radical (unpaired) electrons. The molecule has 0 N–H and O–H groups in total. The summed E-state index contributed by atoms with van der Waals surface area (Å²) in [7, 11) is 0. The third kappa shape index (κ3) is 3.04. The van der Waals surface area contributed by atoms with Gasteiger partial charge in [0.05, 0.1) is 18.2 Å². The van der Waals surface area contributed by atoms with E-state index in [4.69, 9.17) is 10.00 Å². The lowest BCUT2D eigenvalue weighted by atomic mass is 9.69. The molecular formula is C24H27N3O. The summed E-state index contributed by atoms with van der Waals surface area (Å²) in [5.74, 6) is 1.11. The third-order valence-electron chi connectivity index (χ3n) is 7.07. The van der Waals surface area contributed by atoms with Crippen molar-refractivity contribution in [3.8, 4) is 11.8 Å². The number of anilines is 1. The van der Waals surface area contributed by atoms with Crippen LogP contribution in [0.5, 0.6) is 5.75 Å². The molecule has 1 aliphatic carbocycles. The number of hydrogen-bond acceptors (Lipinski definition) is 4. The van der Waals surface area contributed by atoms with E-state index in [-0.39, 0.29) is 5.41 Å². The van der Waals surface area contributed by atoms with Crippen LogP contribution >= 0.6 is 0 Å². The van der Waals surface area contributed by atoms with Crippen LogP contribution in [-0.4, -0.2) is 43.7 Å². The van der Waals surface area contributed by atoms with E-state index in [1.807, 2.05) is 12.1 Å². The van der Waals surface area contributed by atoms with Gasteiger partial charge in [0.15, 0.2) is 0 Å². The van der Waals surface area contributed by atoms with Crippen LogP contribution in [-0.2, 0) is 5.41 Å². The zero-order chi connectivity index (χ0) is 19.0. The Morgan fingerprint density at radius 2 is 1.64 bits per heavy atom. The Labute approximate surface area is 167 Å². The monoisotopic (exact) mass is 373 g/mol. The maximum Gasteiger partial charge on any atom is 0.123 e. The van der Waals surface area contributed by atoms with Gasteiger partial charge in [-0.05, 0) is 56.0 Å². The summed E-state index contributed by atoms with van der Waals surface area (Å²) in [6, 6.07) is 19.5. The molecule has 2 heterocycles. The molecule has 2 aromatic carbocycles. The first-order valence-corrected chi connectivity index (χ1v) is 10.5. The average Bonchev–Trinajstić information content (AvgIpc) is 3.13. The van der Waals surface area contributed by atoms with Crippen molar-refractivity contribution in [2.75, 3.05) is 37.7 Å². The van der Waals surface area contributed by atoms with E-state index in [1.165, 1.54) is 36.9 Å². The van der Waals surface area contributed by atoms with Crippen molar-refractivity contribution in [1.29, 1.82) is 5.26 Å². The average molecular weight is 374 g/mol. The molecule has 1 saturated carbocycles. The van der Waals surface area contributed by atoms with E-state index >= 15 is 0 Å². The fourth-order valence-electron chi connectivity index (χ4n) is 5.35. The largest absolute Gasteiger partial charge is 0.492 e. The SMILES string of the molecule is N#Cc1ccc(N2CCN(C3CCC4(CC3)COc3ccccc34)CC2)cc1. The van der Waals surface area contributed by atoms with Crippen molar-refractivity contribution in [3.63, 3.8) is 0 Å². The third-order valence-corrected chi connectivity index (χ3v) is 7.07. The quantitative estimate of drug-likeness (QED) is 0.799. The molecule has 2 aromatic rings. The second-order valence-corrected chi connectivity index (χ2v) is 8.48. The molecule has 2 fully saturated rings. The normalized spacial score (nSPS) is 27.2. The fraction of sp³-hybridized carbons (Fsp3) is 0.458. The second kappa shape index (κ2) is 7.14. The highest BCUT2D eigenvalue weighted by molar-refractivity contribution is 5.50. The first-order valence-electron chi connectivity index (χ1n) is 10.5. The maximum absolute atomic E-state index is 8.97. The van der Waals surface area contributed by atoms with Crippen molar-refractivity contribution in [2.45, 2.75) is 37.1 Å². The van der Waals surface area contributed by atoms with Gasteiger partial charge in [0.25, 0.3) is 0 Å². The molecule has 0 amide bonds. The van der Waals surface area contributed by atoms with E-state index in [9.17, 15) is 0 Å². The topological polar surface area (TPSA) is 39.5 Å². The van der Waals surface area contributed by atoms with Gasteiger partial charge in [-0.15, -0.1) is 0 Å². The molecular weight excluding hydrogens is 346 g/mol. The molecule has 144 valence electrons. The predicted octanol–water partition coefficient (Wildman–Crippen LogP) is 3.95. The number of nitrogens with zero attached hydrogens (tertiary/aromatic N) is 3. The molecule has 1 saturated heterocycles. The van der Waals surface area contributed by atoms with Crippen molar-refractivity contribution < 1.29 is 4.74 Å². The van der Waals surface area contributed by atoms with Crippen molar-refractivity contribution in [2.24, 2.45) is 0 Å². The Kier molecular flexibility index (Phi) is 4.49. The molecule has 5 rings (SSSR count). The highest BCUT2D eigenvalue weighted by atomic mass is 16.5. The number of nitriles is 1. The number of ether oxygens (including phenoxy) is 1. The maximum atomic E-state index is 8.97. The molecule has 2 aliphatic heterocycles. The van der Waals surface area contributed by atoms with Crippen LogP contribution in [0.15, 0.2) is 48.5 Å². The van der Waals surface area contributed by atoms with Gasteiger partial charge in [0, 0.05) is 48.9 Å². The van der Waals surface area contributed by atoms with Crippen LogP contribution in [0.25, 0.3) is 0 Å². The first-order chi connectivity index (χ1) is 13.8. The number of piperazine rings is 1. The van der Waals surface area contributed by atoms with Gasteiger partial charge in [-0.2, -0.15) is 5.26 Å². The highest BCUT2D eigenvalue weighted by Crippen LogP contribution is 2.48. The molecule has 4 heteroatoms. The number of fused-ring (bicyclic) bond motifs is 2. The van der Waals surface area contributed by atoms with Crippen molar-refractivity contribution in [1.82, 2.24) is 4.90 Å². The van der Waals surface area contributed by atoms with Crippen LogP contribution in [0.2, 0.25) is 0 Å². The van der Waals surface area contributed by atoms with E-state index in [0.29, 0.717) is 6.04 Å². The number of benzene rings is 2. The Hall–Kier alpha value is -2.51. The lowest BCUT2D eigenvalue weighted by molar-refractivity contribution is 0.106. The smallest absolute Gasteiger partial charge is 0.123 e. The lowest BCUT2D eigenvalue weighted by Crippen LogP contribution is -2.52. The van der Waals surface area contributed by atoms with Crippen molar-refractivity contribution >= 4 is 5.69 Å². The molecule has 0 atom stereocenters. The molecule has 0 unspecified atom stereocenters. The van der Waals surface area contributed by atoms with Crippen LogP contribution in [0.4, 0.5) is 5.69 Å². The van der Waals surface area contributed by atoms with E-state index in [1.54, 1.807) is 0 Å². The fourth-order valence-corrected chi connectivity index (χ4v) is 5.35. The van der Waals surface area contributed by atoms with E-state index in [2.05, 4.69) is 52.3 Å². The van der Waals surface area contributed by atoms with Crippen LogP contribution in [0.3, 0.4) is 0 Å². The zero-order valence-electron chi connectivity index (χ0n) is 16.3. The number of para-hydroxylation sites is 1. The highest BCUT2D eigenvalue weighted by Gasteiger charge is 2.44. The summed E-state index contributed by atoms with van der Waals surface area (Å²) in [6.07, 6.45) is 5.03. The van der Waals surface area contributed by atoms with E-state index in [0.717, 1.165) is 44.1 Å². The van der Waals surface area contributed by atoms with Crippen LogP contribution in [0, 0.1) is 11.3 Å². The first kappa shape index (κ1) is 17.6. The van der Waals surface area contributed by atoms with Gasteiger partial charge >= 0.3 is 0 Å². The minimum Gasteiger partial charge on any atom is -0.492 e. The molecule has 0 aromatic heterocycles. The Morgan fingerprint density at radius 1 is 0.929 bits per heavy atom. The minimum absolute atomic E-state index is 0.261. The molecule has 3 aliphatic rings. The summed E-state index contributed by atoms with van der Waals surface area (Å²) in [4.78, 5) is 5.15. The second-order valence-electron chi connectivity index (χ2n) is 8.48. The minimum atomic E-state index is 0.261. The van der Waals surface area contributed by atoms with Gasteiger partial charge in [-0.25, -0.2) is 0 Å². The van der Waals surface area contributed by atoms with Gasteiger partial charge in [-0.3, -0.25) is 4.90 Å². The summed E-state index contributed by atoms with van der Waals surface area (Å²) in [6.45, 7) is 5.26. The zero-order valence-corrected chi connectivity index (χ0v) is 16.3. The standard InChI is InChI=1S/C24H27N3O/c25-17-19-5-7-20(8-6-19)26-13-15-27(16-14-26)21-9-11-24(12-10-21)18-28-23-4-2-1-3-22(23)24/h1-8,21H,9-16,18H2.